The standard InChI is InChI=1S/C15H26N2O3/c1-2-14(13(19)20)6-5-9-17(11-14)12(18)10-15(16)7-3-4-8-15/h2-11,16H2,1H3,(H,19,20). The van der Waals surface area contributed by atoms with E-state index in [1.165, 1.54) is 0 Å². The number of carbonyl (C=O) groups is 2. The van der Waals surface area contributed by atoms with E-state index >= 15 is 0 Å². The lowest BCUT2D eigenvalue weighted by Crippen LogP contribution is -2.52. The summed E-state index contributed by atoms with van der Waals surface area (Å²) >= 11 is 0. The zero-order valence-electron chi connectivity index (χ0n) is 12.4. The van der Waals surface area contributed by atoms with E-state index in [1.54, 1.807) is 4.90 Å². The zero-order chi connectivity index (χ0) is 14.8. The maximum atomic E-state index is 12.4. The molecule has 1 amide bonds. The number of carboxylic acid groups (broad SMARTS) is 1. The molecule has 5 heteroatoms. The molecule has 1 heterocycles. The summed E-state index contributed by atoms with van der Waals surface area (Å²) in [4.78, 5) is 25.7. The number of hydrogen-bond donors (Lipinski definition) is 2. The second-order valence-electron chi connectivity index (χ2n) is 6.60. The Balaban J connectivity index is 2.01. The summed E-state index contributed by atoms with van der Waals surface area (Å²) in [5.74, 6) is -0.742. The highest BCUT2D eigenvalue weighted by molar-refractivity contribution is 5.80. The van der Waals surface area contributed by atoms with E-state index in [2.05, 4.69) is 0 Å². The van der Waals surface area contributed by atoms with Crippen molar-refractivity contribution in [2.75, 3.05) is 13.1 Å². The van der Waals surface area contributed by atoms with Crippen molar-refractivity contribution in [3.05, 3.63) is 0 Å². The van der Waals surface area contributed by atoms with Gasteiger partial charge in [0.1, 0.15) is 0 Å². The normalized spacial score (nSPS) is 29.4. The first-order valence-corrected chi connectivity index (χ1v) is 7.71. The molecule has 3 N–H and O–H groups in total. The smallest absolute Gasteiger partial charge is 0.311 e. The van der Waals surface area contributed by atoms with Crippen LogP contribution in [0.1, 0.15) is 58.3 Å². The molecule has 0 bridgehead atoms. The van der Waals surface area contributed by atoms with Gasteiger partial charge < -0.3 is 15.7 Å². The van der Waals surface area contributed by atoms with Crippen LogP contribution in [-0.2, 0) is 9.59 Å². The van der Waals surface area contributed by atoms with Crippen LogP contribution in [0.5, 0.6) is 0 Å². The predicted molar refractivity (Wildman–Crippen MR) is 76.2 cm³/mol. The average Bonchev–Trinajstić information content (AvgIpc) is 2.85. The third-order valence-electron chi connectivity index (χ3n) is 5.16. The number of piperidine rings is 1. The molecule has 1 saturated carbocycles. The largest absolute Gasteiger partial charge is 0.481 e. The van der Waals surface area contributed by atoms with Crippen molar-refractivity contribution in [1.29, 1.82) is 0 Å². The summed E-state index contributed by atoms with van der Waals surface area (Å²) in [6.45, 7) is 2.90. The lowest BCUT2D eigenvalue weighted by molar-refractivity contribution is -0.155. The van der Waals surface area contributed by atoms with E-state index in [4.69, 9.17) is 5.73 Å². The van der Waals surface area contributed by atoms with Crippen molar-refractivity contribution in [1.82, 2.24) is 4.90 Å². The van der Waals surface area contributed by atoms with Gasteiger partial charge in [-0.05, 0) is 32.1 Å². The van der Waals surface area contributed by atoms with Crippen molar-refractivity contribution < 1.29 is 14.7 Å². The van der Waals surface area contributed by atoms with Crippen molar-refractivity contribution in [3.63, 3.8) is 0 Å². The average molecular weight is 282 g/mol. The van der Waals surface area contributed by atoms with Gasteiger partial charge in [0.05, 0.1) is 5.41 Å². The molecule has 0 aromatic heterocycles. The molecule has 0 spiro atoms. The highest BCUT2D eigenvalue weighted by Gasteiger charge is 2.43. The summed E-state index contributed by atoms with van der Waals surface area (Å²) in [6, 6.07) is 0. The molecule has 0 aromatic rings. The van der Waals surface area contributed by atoms with Crippen LogP contribution >= 0.6 is 0 Å². The molecule has 1 saturated heterocycles. The van der Waals surface area contributed by atoms with Gasteiger partial charge in [0.25, 0.3) is 0 Å². The first-order chi connectivity index (χ1) is 9.41. The van der Waals surface area contributed by atoms with Crippen molar-refractivity contribution in [2.45, 2.75) is 63.8 Å². The van der Waals surface area contributed by atoms with Gasteiger partial charge in [0.15, 0.2) is 0 Å². The Morgan fingerprint density at radius 3 is 2.40 bits per heavy atom. The number of carboxylic acids is 1. The molecule has 0 aromatic carbocycles. The van der Waals surface area contributed by atoms with E-state index in [0.29, 0.717) is 32.4 Å². The van der Waals surface area contributed by atoms with Crippen LogP contribution in [-0.4, -0.2) is 40.5 Å². The molecular weight excluding hydrogens is 256 g/mol. The Morgan fingerprint density at radius 1 is 1.20 bits per heavy atom. The van der Waals surface area contributed by atoms with Crippen molar-refractivity contribution in [2.24, 2.45) is 11.1 Å². The number of nitrogens with zero attached hydrogens (tertiary/aromatic N) is 1. The van der Waals surface area contributed by atoms with Crippen LogP contribution < -0.4 is 5.73 Å². The molecular formula is C15H26N2O3. The van der Waals surface area contributed by atoms with Gasteiger partial charge in [0, 0.05) is 25.0 Å². The van der Waals surface area contributed by atoms with Crippen LogP contribution in [0.4, 0.5) is 0 Å². The summed E-state index contributed by atoms with van der Waals surface area (Å²) in [6.07, 6.45) is 6.37. The summed E-state index contributed by atoms with van der Waals surface area (Å²) in [7, 11) is 0. The summed E-state index contributed by atoms with van der Waals surface area (Å²) in [5.41, 5.74) is 5.15. The molecule has 1 aliphatic carbocycles. The number of rotatable bonds is 4. The zero-order valence-corrected chi connectivity index (χ0v) is 12.4. The van der Waals surface area contributed by atoms with Crippen LogP contribution in [0.2, 0.25) is 0 Å². The number of carbonyl (C=O) groups excluding carboxylic acids is 1. The van der Waals surface area contributed by atoms with Gasteiger partial charge in [0.2, 0.25) is 5.91 Å². The second kappa shape index (κ2) is 5.72. The second-order valence-corrected chi connectivity index (χ2v) is 6.60. The fourth-order valence-corrected chi connectivity index (χ4v) is 3.63. The first-order valence-electron chi connectivity index (χ1n) is 7.71. The Labute approximate surface area is 120 Å². The molecule has 2 fully saturated rings. The minimum atomic E-state index is -0.777. The van der Waals surface area contributed by atoms with Gasteiger partial charge in [-0.3, -0.25) is 9.59 Å². The molecule has 2 aliphatic rings. The molecule has 1 aliphatic heterocycles. The molecule has 2 rings (SSSR count). The number of nitrogens with two attached hydrogens (primary N) is 1. The van der Waals surface area contributed by atoms with E-state index in [0.717, 1.165) is 32.1 Å². The molecule has 0 radical (unpaired) electrons. The Hall–Kier alpha value is -1.10. The lowest BCUT2D eigenvalue weighted by Gasteiger charge is -2.40. The molecule has 20 heavy (non-hydrogen) atoms. The quantitative estimate of drug-likeness (QED) is 0.823. The van der Waals surface area contributed by atoms with Crippen LogP contribution in [0.25, 0.3) is 0 Å². The number of likely N-dealkylation sites (tertiary alicyclic amines) is 1. The van der Waals surface area contributed by atoms with E-state index in [9.17, 15) is 14.7 Å². The SMILES string of the molecule is CCC1(C(=O)O)CCCN(C(=O)CC2(N)CCCC2)C1. The van der Waals surface area contributed by atoms with Gasteiger partial charge in [-0.1, -0.05) is 19.8 Å². The first kappa shape index (κ1) is 15.3. The minimum absolute atomic E-state index is 0.0353. The third kappa shape index (κ3) is 2.97. The van der Waals surface area contributed by atoms with Gasteiger partial charge in [-0.15, -0.1) is 0 Å². The number of hydrogen-bond acceptors (Lipinski definition) is 3. The van der Waals surface area contributed by atoms with Crippen LogP contribution in [0, 0.1) is 5.41 Å². The van der Waals surface area contributed by atoms with Crippen LogP contribution in [0.3, 0.4) is 0 Å². The summed E-state index contributed by atoms with van der Waals surface area (Å²) in [5, 5.41) is 9.46. The Bertz CT molecular complexity index is 391. The highest BCUT2D eigenvalue weighted by Crippen LogP contribution is 2.35. The maximum Gasteiger partial charge on any atom is 0.311 e. The fraction of sp³-hybridized carbons (Fsp3) is 0.867. The number of aliphatic carboxylic acids is 1. The summed E-state index contributed by atoms with van der Waals surface area (Å²) < 4.78 is 0. The van der Waals surface area contributed by atoms with E-state index < -0.39 is 11.4 Å². The van der Waals surface area contributed by atoms with Gasteiger partial charge in [-0.25, -0.2) is 0 Å². The maximum absolute atomic E-state index is 12.4. The van der Waals surface area contributed by atoms with E-state index in [1.807, 2.05) is 6.92 Å². The van der Waals surface area contributed by atoms with Gasteiger partial charge in [-0.2, -0.15) is 0 Å². The van der Waals surface area contributed by atoms with Crippen LogP contribution in [0.15, 0.2) is 0 Å². The molecule has 5 nitrogen and oxygen atoms in total. The van der Waals surface area contributed by atoms with Crippen molar-refractivity contribution >= 4 is 11.9 Å². The highest BCUT2D eigenvalue weighted by atomic mass is 16.4. The predicted octanol–water partition coefficient (Wildman–Crippen LogP) is 1.75. The van der Waals surface area contributed by atoms with E-state index in [-0.39, 0.29) is 11.4 Å². The molecule has 1 unspecified atom stereocenters. The Morgan fingerprint density at radius 2 is 1.85 bits per heavy atom. The van der Waals surface area contributed by atoms with Crippen molar-refractivity contribution in [3.8, 4) is 0 Å². The molecule has 114 valence electrons. The molecule has 1 atom stereocenters. The minimum Gasteiger partial charge on any atom is -0.481 e. The third-order valence-corrected chi connectivity index (χ3v) is 5.16. The Kier molecular flexibility index (Phi) is 4.37. The fourth-order valence-electron chi connectivity index (χ4n) is 3.63. The topological polar surface area (TPSA) is 83.6 Å². The monoisotopic (exact) mass is 282 g/mol. The van der Waals surface area contributed by atoms with Gasteiger partial charge >= 0.3 is 5.97 Å². The number of amides is 1. The lowest BCUT2D eigenvalue weighted by atomic mass is 9.77.